The molecule has 108 valence electrons. The summed E-state index contributed by atoms with van der Waals surface area (Å²) in [7, 11) is 0. The van der Waals surface area contributed by atoms with Crippen LogP contribution in [0.15, 0.2) is 46.9 Å². The number of amides is 1. The molecule has 0 spiro atoms. The summed E-state index contributed by atoms with van der Waals surface area (Å²) in [5.41, 5.74) is 4.23. The SMILES string of the molecule is Cc1cccc(NC2CCc3ccccc3NC2=O)c1Br. The minimum Gasteiger partial charge on any atom is -0.373 e. The van der Waals surface area contributed by atoms with Crippen LogP contribution in [0.25, 0.3) is 0 Å². The highest BCUT2D eigenvalue weighted by molar-refractivity contribution is 9.10. The van der Waals surface area contributed by atoms with E-state index in [9.17, 15) is 4.79 Å². The number of benzene rings is 2. The summed E-state index contributed by atoms with van der Waals surface area (Å²) in [4.78, 5) is 12.4. The van der Waals surface area contributed by atoms with Gasteiger partial charge >= 0.3 is 0 Å². The maximum Gasteiger partial charge on any atom is 0.246 e. The molecular formula is C17H17BrN2O. The van der Waals surface area contributed by atoms with Crippen molar-refractivity contribution in [3.05, 3.63) is 58.1 Å². The van der Waals surface area contributed by atoms with Crippen LogP contribution in [0.1, 0.15) is 17.5 Å². The molecular weight excluding hydrogens is 328 g/mol. The molecule has 2 aromatic carbocycles. The van der Waals surface area contributed by atoms with Crippen molar-refractivity contribution >= 4 is 33.2 Å². The average molecular weight is 345 g/mol. The van der Waals surface area contributed by atoms with E-state index in [1.54, 1.807) is 0 Å². The maximum atomic E-state index is 12.4. The van der Waals surface area contributed by atoms with E-state index in [0.29, 0.717) is 0 Å². The van der Waals surface area contributed by atoms with E-state index in [4.69, 9.17) is 0 Å². The molecule has 0 saturated heterocycles. The van der Waals surface area contributed by atoms with Gasteiger partial charge in [0.25, 0.3) is 0 Å². The number of hydrogen-bond acceptors (Lipinski definition) is 2. The zero-order valence-corrected chi connectivity index (χ0v) is 13.4. The molecule has 2 N–H and O–H groups in total. The zero-order valence-electron chi connectivity index (χ0n) is 11.8. The van der Waals surface area contributed by atoms with Crippen molar-refractivity contribution in [3.63, 3.8) is 0 Å². The molecule has 1 heterocycles. The number of halogens is 1. The Morgan fingerprint density at radius 3 is 2.86 bits per heavy atom. The first-order valence-corrected chi connectivity index (χ1v) is 7.85. The summed E-state index contributed by atoms with van der Waals surface area (Å²) in [6.07, 6.45) is 1.67. The fourth-order valence-electron chi connectivity index (χ4n) is 2.60. The van der Waals surface area contributed by atoms with Crippen LogP contribution in [0.4, 0.5) is 11.4 Å². The molecule has 0 saturated carbocycles. The summed E-state index contributed by atoms with van der Waals surface area (Å²) in [5.74, 6) is 0.0216. The van der Waals surface area contributed by atoms with E-state index < -0.39 is 0 Å². The molecule has 1 unspecified atom stereocenters. The monoisotopic (exact) mass is 344 g/mol. The molecule has 0 bridgehead atoms. The molecule has 4 heteroatoms. The van der Waals surface area contributed by atoms with Gasteiger partial charge in [-0.25, -0.2) is 0 Å². The van der Waals surface area contributed by atoms with E-state index in [2.05, 4.69) is 32.6 Å². The Morgan fingerprint density at radius 1 is 1.19 bits per heavy atom. The lowest BCUT2D eigenvalue weighted by atomic mass is 10.1. The highest BCUT2D eigenvalue weighted by atomic mass is 79.9. The summed E-state index contributed by atoms with van der Waals surface area (Å²) in [6.45, 7) is 2.04. The lowest BCUT2D eigenvalue weighted by Gasteiger charge is -2.18. The molecule has 1 amide bonds. The van der Waals surface area contributed by atoms with E-state index in [-0.39, 0.29) is 11.9 Å². The van der Waals surface area contributed by atoms with E-state index >= 15 is 0 Å². The zero-order chi connectivity index (χ0) is 14.8. The molecule has 21 heavy (non-hydrogen) atoms. The van der Waals surface area contributed by atoms with Crippen molar-refractivity contribution in [1.29, 1.82) is 0 Å². The normalized spacial score (nSPS) is 17.6. The third-order valence-electron chi connectivity index (χ3n) is 3.82. The molecule has 0 aliphatic carbocycles. The smallest absolute Gasteiger partial charge is 0.246 e. The number of carbonyl (C=O) groups is 1. The number of para-hydroxylation sites is 1. The Morgan fingerprint density at radius 2 is 2.00 bits per heavy atom. The lowest BCUT2D eigenvalue weighted by molar-refractivity contribution is -0.116. The summed E-state index contributed by atoms with van der Waals surface area (Å²) >= 11 is 3.58. The number of nitrogens with one attached hydrogen (secondary N) is 2. The fraction of sp³-hybridized carbons (Fsp3) is 0.235. The maximum absolute atomic E-state index is 12.4. The Balaban J connectivity index is 1.82. The van der Waals surface area contributed by atoms with Gasteiger partial charge in [0, 0.05) is 15.8 Å². The predicted octanol–water partition coefficient (Wildman–Crippen LogP) is 4.12. The summed E-state index contributed by atoms with van der Waals surface area (Å²) in [5, 5.41) is 6.37. The van der Waals surface area contributed by atoms with Crippen molar-refractivity contribution in [1.82, 2.24) is 0 Å². The molecule has 3 rings (SSSR count). The van der Waals surface area contributed by atoms with Gasteiger partial charge in [-0.1, -0.05) is 30.3 Å². The van der Waals surface area contributed by atoms with Crippen molar-refractivity contribution in [3.8, 4) is 0 Å². The average Bonchev–Trinajstić information content (AvgIpc) is 2.63. The van der Waals surface area contributed by atoms with Crippen LogP contribution in [0, 0.1) is 6.92 Å². The van der Waals surface area contributed by atoms with Gasteiger partial charge in [-0.05, 0) is 59.0 Å². The second-order valence-corrected chi connectivity index (χ2v) is 6.11. The molecule has 1 aliphatic rings. The Hall–Kier alpha value is -1.81. The second-order valence-electron chi connectivity index (χ2n) is 5.32. The third kappa shape index (κ3) is 2.95. The topological polar surface area (TPSA) is 41.1 Å². The van der Waals surface area contributed by atoms with Crippen LogP contribution >= 0.6 is 15.9 Å². The van der Waals surface area contributed by atoms with Gasteiger partial charge in [-0.3, -0.25) is 4.79 Å². The number of fused-ring (bicyclic) bond motifs is 1. The molecule has 0 radical (unpaired) electrons. The van der Waals surface area contributed by atoms with Gasteiger partial charge in [0.05, 0.1) is 0 Å². The van der Waals surface area contributed by atoms with Gasteiger partial charge in [-0.15, -0.1) is 0 Å². The van der Waals surface area contributed by atoms with Gasteiger partial charge < -0.3 is 10.6 Å². The first-order valence-electron chi connectivity index (χ1n) is 7.05. The van der Waals surface area contributed by atoms with Crippen molar-refractivity contribution < 1.29 is 4.79 Å². The van der Waals surface area contributed by atoms with Crippen LogP contribution in [-0.2, 0) is 11.2 Å². The predicted molar refractivity (Wildman–Crippen MR) is 89.7 cm³/mol. The largest absolute Gasteiger partial charge is 0.373 e. The molecule has 0 aromatic heterocycles. The van der Waals surface area contributed by atoms with Crippen molar-refractivity contribution in [2.45, 2.75) is 25.8 Å². The molecule has 2 aromatic rings. The minimum atomic E-state index is -0.226. The van der Waals surface area contributed by atoms with Gasteiger partial charge in [0.15, 0.2) is 0 Å². The number of carbonyl (C=O) groups excluding carboxylic acids is 1. The minimum absolute atomic E-state index is 0.0216. The highest BCUT2D eigenvalue weighted by Gasteiger charge is 2.23. The first kappa shape index (κ1) is 14.1. The second kappa shape index (κ2) is 5.90. The van der Waals surface area contributed by atoms with Crippen LogP contribution < -0.4 is 10.6 Å². The number of aryl methyl sites for hydroxylation is 2. The Kier molecular flexibility index (Phi) is 3.97. The Bertz CT molecular complexity index is 684. The van der Waals surface area contributed by atoms with Crippen LogP contribution in [0.2, 0.25) is 0 Å². The lowest BCUT2D eigenvalue weighted by Crippen LogP contribution is -2.33. The molecule has 0 fully saturated rings. The summed E-state index contributed by atoms with van der Waals surface area (Å²) in [6, 6.07) is 13.8. The van der Waals surface area contributed by atoms with Gasteiger partial charge in [0.1, 0.15) is 6.04 Å². The van der Waals surface area contributed by atoms with E-state index in [1.165, 1.54) is 5.56 Å². The first-order chi connectivity index (χ1) is 10.1. The van der Waals surface area contributed by atoms with Gasteiger partial charge in [0.2, 0.25) is 5.91 Å². The highest BCUT2D eigenvalue weighted by Crippen LogP contribution is 2.28. The molecule has 1 atom stereocenters. The van der Waals surface area contributed by atoms with Crippen LogP contribution in [0.3, 0.4) is 0 Å². The Labute approximate surface area is 132 Å². The number of hydrogen-bond donors (Lipinski definition) is 2. The quantitative estimate of drug-likeness (QED) is 0.860. The van der Waals surface area contributed by atoms with Gasteiger partial charge in [-0.2, -0.15) is 0 Å². The molecule has 1 aliphatic heterocycles. The summed E-state index contributed by atoms with van der Waals surface area (Å²) < 4.78 is 1.01. The number of anilines is 2. The van der Waals surface area contributed by atoms with E-state index in [1.807, 2.05) is 43.3 Å². The number of rotatable bonds is 2. The van der Waals surface area contributed by atoms with Crippen LogP contribution in [-0.4, -0.2) is 11.9 Å². The third-order valence-corrected chi connectivity index (χ3v) is 4.87. The van der Waals surface area contributed by atoms with Crippen molar-refractivity contribution in [2.24, 2.45) is 0 Å². The standard InChI is InChI=1S/C17H17BrN2O/c1-11-5-4-8-14(16(11)18)19-15-10-9-12-6-2-3-7-13(12)20-17(15)21/h2-8,15,19H,9-10H2,1H3,(H,20,21). The molecule has 3 nitrogen and oxygen atoms in total. The fourth-order valence-corrected chi connectivity index (χ4v) is 2.97. The van der Waals surface area contributed by atoms with Crippen molar-refractivity contribution in [2.75, 3.05) is 10.6 Å². The van der Waals surface area contributed by atoms with Crippen LogP contribution in [0.5, 0.6) is 0 Å². The van der Waals surface area contributed by atoms with E-state index in [0.717, 1.165) is 34.3 Å².